The molecule has 0 aliphatic rings. The Balaban J connectivity index is 2.72. The number of halogens is 1. The zero-order chi connectivity index (χ0) is 6.69. The highest BCUT2D eigenvalue weighted by atomic mass is 127. The van der Waals surface area contributed by atoms with Gasteiger partial charge in [-0.2, -0.15) is 0 Å². The first kappa shape index (κ1) is 6.60. The fraction of sp³-hybridized carbons (Fsp3) is 0. The van der Waals surface area contributed by atoms with Crippen LogP contribution in [0, 0.1) is 0 Å². The molecule has 3 nitrogen and oxygen atoms in total. The highest BCUT2D eigenvalue weighted by Crippen LogP contribution is 2.10. The predicted octanol–water partition coefficient (Wildman–Crippen LogP) is 1.33. The topological polar surface area (TPSA) is 53.8 Å². The van der Waals surface area contributed by atoms with Crippen molar-refractivity contribution in [1.82, 2.24) is 4.98 Å². The predicted molar refractivity (Wildman–Crippen MR) is 50.0 cm³/mol. The Morgan fingerprint density at radius 2 is 2.44 bits per heavy atom. The molecule has 0 aliphatic carbocycles. The Hall–Kier alpha value is -0.520. The molecule has 4 heteroatoms. The van der Waals surface area contributed by atoms with Gasteiger partial charge in [0, 0.05) is 0 Å². The van der Waals surface area contributed by atoms with Crippen LogP contribution in [0.3, 0.4) is 0 Å². The smallest absolute Gasteiger partial charge is 0.113 e. The lowest BCUT2D eigenvalue weighted by molar-refractivity contribution is 1.42. The summed E-state index contributed by atoms with van der Waals surface area (Å²) in [4.78, 5) is 2.93. The number of nitrogens with two attached hydrogens (primary N) is 1. The molecule has 0 spiro atoms. The molecule has 0 amide bonds. The molecule has 1 aromatic heterocycles. The number of hydrogen-bond acceptors (Lipinski definition) is 2. The number of anilines is 2. The number of hydrogen-bond donors (Lipinski definition) is 3. The van der Waals surface area contributed by atoms with Crippen LogP contribution in [0.15, 0.2) is 12.1 Å². The third-order valence-corrected chi connectivity index (χ3v) is 1.84. The summed E-state index contributed by atoms with van der Waals surface area (Å²) in [6.07, 6.45) is 0. The van der Waals surface area contributed by atoms with Crippen LogP contribution in [0.25, 0.3) is 0 Å². The van der Waals surface area contributed by atoms with Gasteiger partial charge in [-0.15, -0.1) is 0 Å². The average molecular weight is 237 g/mol. The molecule has 1 aromatic rings. The maximum atomic E-state index is 5.41. The van der Waals surface area contributed by atoms with Crippen LogP contribution in [0.2, 0.25) is 0 Å². The van der Waals surface area contributed by atoms with E-state index in [4.69, 9.17) is 5.73 Å². The van der Waals surface area contributed by atoms with E-state index in [1.165, 1.54) is 0 Å². The molecule has 0 radical (unpaired) electrons. The fourth-order valence-electron chi connectivity index (χ4n) is 0.539. The van der Waals surface area contributed by atoms with Crippen molar-refractivity contribution in [2.24, 2.45) is 0 Å². The van der Waals surface area contributed by atoms with E-state index in [0.717, 1.165) is 5.82 Å². The molecule has 0 atom stereocenters. The van der Waals surface area contributed by atoms with Gasteiger partial charge in [0.15, 0.2) is 0 Å². The molecule has 0 fully saturated rings. The van der Waals surface area contributed by atoms with Gasteiger partial charge in [-0.3, -0.25) is 0 Å². The normalized spacial score (nSPS) is 9.33. The summed E-state index contributed by atoms with van der Waals surface area (Å²) >= 11 is -0.145. The Morgan fingerprint density at radius 1 is 1.67 bits per heavy atom. The van der Waals surface area contributed by atoms with Crippen LogP contribution < -0.4 is 9.26 Å². The van der Waals surface area contributed by atoms with Crippen molar-refractivity contribution in [2.75, 3.05) is 9.26 Å². The Kier molecular flexibility index (Phi) is 2.10. The van der Waals surface area contributed by atoms with E-state index in [2.05, 4.69) is 13.0 Å². The standard InChI is InChI=1S/C5H8IN3/c1-6-9-5-3-2-4(7)8-5/h2-3,8-9H,1,7H2. The van der Waals surface area contributed by atoms with E-state index in [1.807, 2.05) is 12.1 Å². The largest absolute Gasteiger partial charge is 0.385 e. The number of H-pyrrole nitrogens is 1. The van der Waals surface area contributed by atoms with Crippen molar-refractivity contribution in [3.63, 3.8) is 0 Å². The number of aromatic nitrogens is 1. The summed E-state index contributed by atoms with van der Waals surface area (Å²) in [6.45, 7) is 0. The molecule has 0 unspecified atom stereocenters. The molecular weight excluding hydrogens is 229 g/mol. The van der Waals surface area contributed by atoms with E-state index >= 15 is 0 Å². The number of aromatic amines is 1. The molecule has 0 bridgehead atoms. The van der Waals surface area contributed by atoms with Gasteiger partial charge >= 0.3 is 0 Å². The van der Waals surface area contributed by atoms with Crippen molar-refractivity contribution in [3.8, 4) is 0 Å². The van der Waals surface area contributed by atoms with Gasteiger partial charge in [-0.05, 0) is 37.7 Å². The fourth-order valence-corrected chi connectivity index (χ4v) is 1.26. The van der Waals surface area contributed by atoms with Gasteiger partial charge in [0.05, 0.1) is 0 Å². The van der Waals surface area contributed by atoms with Gasteiger partial charge in [0.1, 0.15) is 11.6 Å². The Morgan fingerprint density at radius 3 is 2.89 bits per heavy atom. The molecule has 0 saturated carbocycles. The lowest BCUT2D eigenvalue weighted by Gasteiger charge is -1.90. The zero-order valence-corrected chi connectivity index (χ0v) is 6.97. The monoisotopic (exact) mass is 237 g/mol. The highest BCUT2D eigenvalue weighted by molar-refractivity contribution is 14.2. The van der Waals surface area contributed by atoms with E-state index in [-0.39, 0.29) is 21.0 Å². The SMILES string of the molecule is C=INc1ccc(N)[nH]1. The van der Waals surface area contributed by atoms with E-state index in [0.29, 0.717) is 5.82 Å². The van der Waals surface area contributed by atoms with Gasteiger partial charge in [-0.25, -0.2) is 0 Å². The maximum absolute atomic E-state index is 5.41. The van der Waals surface area contributed by atoms with Crippen LogP contribution in [0.1, 0.15) is 0 Å². The van der Waals surface area contributed by atoms with Crippen LogP contribution >= 0.6 is 21.0 Å². The van der Waals surface area contributed by atoms with E-state index in [1.54, 1.807) is 0 Å². The molecular formula is C5H8IN3. The van der Waals surface area contributed by atoms with Crippen LogP contribution in [-0.4, -0.2) is 9.50 Å². The van der Waals surface area contributed by atoms with Gasteiger partial charge in [0.25, 0.3) is 0 Å². The van der Waals surface area contributed by atoms with E-state index in [9.17, 15) is 0 Å². The summed E-state index contributed by atoms with van der Waals surface area (Å²) in [5.41, 5.74) is 5.41. The minimum absolute atomic E-state index is 0.145. The van der Waals surface area contributed by atoms with E-state index < -0.39 is 0 Å². The molecule has 1 rings (SSSR count). The third kappa shape index (κ3) is 1.70. The van der Waals surface area contributed by atoms with Crippen molar-refractivity contribution >= 4 is 37.2 Å². The van der Waals surface area contributed by atoms with Gasteiger partial charge in [-0.1, -0.05) is 0 Å². The lowest BCUT2D eigenvalue weighted by atomic mass is 10.6. The summed E-state index contributed by atoms with van der Waals surface area (Å²) in [5, 5.41) is 0. The van der Waals surface area contributed by atoms with Crippen molar-refractivity contribution < 1.29 is 0 Å². The van der Waals surface area contributed by atoms with Crippen LogP contribution in [0.5, 0.6) is 0 Å². The first-order valence-electron chi connectivity index (χ1n) is 2.41. The van der Waals surface area contributed by atoms with Crippen molar-refractivity contribution in [3.05, 3.63) is 12.1 Å². The molecule has 0 saturated heterocycles. The second kappa shape index (κ2) is 2.86. The van der Waals surface area contributed by atoms with Crippen LogP contribution in [0.4, 0.5) is 11.6 Å². The number of rotatable bonds is 2. The number of nitrogen functional groups attached to an aromatic ring is 1. The number of nitrogens with one attached hydrogen (secondary N) is 2. The van der Waals surface area contributed by atoms with Crippen LogP contribution in [-0.2, 0) is 0 Å². The first-order chi connectivity index (χ1) is 4.33. The molecule has 1 heterocycles. The molecule has 9 heavy (non-hydrogen) atoms. The Labute approximate surface area is 63.7 Å². The minimum Gasteiger partial charge on any atom is -0.385 e. The molecule has 0 aliphatic heterocycles. The molecule has 0 aromatic carbocycles. The average Bonchev–Trinajstić information content (AvgIpc) is 2.17. The first-order valence-corrected chi connectivity index (χ1v) is 5.01. The quantitative estimate of drug-likeness (QED) is 0.536. The van der Waals surface area contributed by atoms with Gasteiger partial charge in [0.2, 0.25) is 0 Å². The third-order valence-electron chi connectivity index (χ3n) is 0.877. The van der Waals surface area contributed by atoms with Crippen molar-refractivity contribution in [1.29, 1.82) is 0 Å². The summed E-state index contributed by atoms with van der Waals surface area (Å²) in [6, 6.07) is 3.72. The second-order valence-electron chi connectivity index (χ2n) is 1.56. The lowest BCUT2D eigenvalue weighted by Crippen LogP contribution is -1.84. The van der Waals surface area contributed by atoms with Gasteiger partial charge < -0.3 is 14.2 Å². The summed E-state index contributed by atoms with van der Waals surface area (Å²) in [7, 11) is 0. The second-order valence-corrected chi connectivity index (χ2v) is 2.86. The summed E-state index contributed by atoms with van der Waals surface area (Å²) < 4.78 is 6.82. The maximum Gasteiger partial charge on any atom is 0.113 e. The Bertz CT molecular complexity index is 206. The minimum atomic E-state index is -0.145. The molecule has 4 N–H and O–H groups in total. The highest BCUT2D eigenvalue weighted by Gasteiger charge is 1.88. The zero-order valence-electron chi connectivity index (χ0n) is 4.82. The summed E-state index contributed by atoms with van der Waals surface area (Å²) in [5.74, 6) is 1.66. The molecule has 50 valence electrons. The van der Waals surface area contributed by atoms with Crippen molar-refractivity contribution in [2.45, 2.75) is 0 Å².